The minimum absolute atomic E-state index is 0.0350. The molecular formula is C25H30FN5O. The summed E-state index contributed by atoms with van der Waals surface area (Å²) in [7, 11) is 3.46. The topological polar surface area (TPSA) is 89.0 Å². The third kappa shape index (κ3) is 4.14. The summed E-state index contributed by atoms with van der Waals surface area (Å²) in [5.41, 5.74) is 10.9. The van der Waals surface area contributed by atoms with E-state index in [1.165, 1.54) is 0 Å². The zero-order valence-electron chi connectivity index (χ0n) is 18.7. The number of fused-ring (bicyclic) bond motifs is 1. The van der Waals surface area contributed by atoms with Crippen LogP contribution in [0.15, 0.2) is 36.4 Å². The zero-order valence-corrected chi connectivity index (χ0v) is 18.7. The number of carbonyl (C=O) groups is 1. The molecule has 1 saturated heterocycles. The summed E-state index contributed by atoms with van der Waals surface area (Å²) in [6, 6.07) is 13.8. The molecule has 7 heteroatoms. The van der Waals surface area contributed by atoms with Crippen molar-refractivity contribution in [3.63, 3.8) is 0 Å². The Morgan fingerprint density at radius 2 is 1.94 bits per heavy atom. The number of hydrogen-bond acceptors (Lipinski definition) is 5. The molecule has 2 aromatic rings. The highest BCUT2D eigenvalue weighted by Crippen LogP contribution is 2.48. The van der Waals surface area contributed by atoms with Gasteiger partial charge in [0.15, 0.2) is 0 Å². The molecule has 1 saturated carbocycles. The summed E-state index contributed by atoms with van der Waals surface area (Å²) in [6.45, 7) is 2.55. The van der Waals surface area contributed by atoms with Crippen LogP contribution in [0.1, 0.15) is 57.4 Å². The Labute approximate surface area is 188 Å². The van der Waals surface area contributed by atoms with Crippen LogP contribution >= 0.6 is 0 Å². The standard InChI is InChI=1S/C25H30FN5O/c1-14-8-15(13-28-2)9-21(26)23(14)19-11-20-22(10-18(19)12-27)30-31-24(20)16-4-6-17(7-5-16)25(32)29-3/h4-9,18-20,22,24,28,30-31H,10-11,13H2,1-3H3,(H,29,32). The van der Waals surface area contributed by atoms with Gasteiger partial charge in [-0.1, -0.05) is 18.2 Å². The van der Waals surface area contributed by atoms with E-state index in [9.17, 15) is 10.1 Å². The molecule has 1 aliphatic heterocycles. The Kier molecular flexibility index (Phi) is 6.56. The maximum atomic E-state index is 15.2. The Morgan fingerprint density at radius 1 is 1.19 bits per heavy atom. The first-order valence-corrected chi connectivity index (χ1v) is 11.1. The smallest absolute Gasteiger partial charge is 0.251 e. The SMILES string of the molecule is CNCc1cc(C)c(C2CC3C(CC2C#N)NNC3c2ccc(C(=O)NC)cc2)c(F)c1. The Hall–Kier alpha value is -2.79. The third-order valence-corrected chi connectivity index (χ3v) is 6.96. The number of nitriles is 1. The highest BCUT2D eigenvalue weighted by atomic mass is 19.1. The van der Waals surface area contributed by atoms with E-state index in [4.69, 9.17) is 0 Å². The fourth-order valence-corrected chi connectivity index (χ4v) is 5.45. The van der Waals surface area contributed by atoms with Crippen molar-refractivity contribution >= 4 is 5.91 Å². The fourth-order valence-electron chi connectivity index (χ4n) is 5.45. The lowest BCUT2D eigenvalue weighted by molar-refractivity contribution is 0.0963. The van der Waals surface area contributed by atoms with Crippen molar-refractivity contribution in [1.82, 2.24) is 21.5 Å². The van der Waals surface area contributed by atoms with Crippen LogP contribution < -0.4 is 21.5 Å². The monoisotopic (exact) mass is 435 g/mol. The highest BCUT2D eigenvalue weighted by Gasteiger charge is 2.46. The average molecular weight is 436 g/mol. The fraction of sp³-hybridized carbons (Fsp3) is 0.440. The van der Waals surface area contributed by atoms with Crippen molar-refractivity contribution in [3.05, 3.63) is 70.0 Å². The van der Waals surface area contributed by atoms with Crippen LogP contribution in [0.4, 0.5) is 4.39 Å². The summed E-state index contributed by atoms with van der Waals surface area (Å²) >= 11 is 0. The zero-order chi connectivity index (χ0) is 22.8. The molecular weight excluding hydrogens is 405 g/mol. The Balaban J connectivity index is 1.62. The molecule has 168 valence electrons. The second-order valence-corrected chi connectivity index (χ2v) is 8.89. The van der Waals surface area contributed by atoms with E-state index in [0.717, 1.165) is 16.7 Å². The Bertz CT molecular complexity index is 1010. The molecule has 1 aliphatic carbocycles. The lowest BCUT2D eigenvalue weighted by atomic mass is 9.66. The van der Waals surface area contributed by atoms with Gasteiger partial charge in [0.1, 0.15) is 5.82 Å². The predicted octanol–water partition coefficient (Wildman–Crippen LogP) is 3.06. The van der Waals surface area contributed by atoms with E-state index in [2.05, 4.69) is 27.6 Å². The summed E-state index contributed by atoms with van der Waals surface area (Å²) in [5, 5.41) is 15.6. The van der Waals surface area contributed by atoms with Gasteiger partial charge in [-0.2, -0.15) is 5.26 Å². The second-order valence-electron chi connectivity index (χ2n) is 8.89. The van der Waals surface area contributed by atoms with Crippen molar-refractivity contribution in [2.45, 2.75) is 44.3 Å². The molecule has 5 atom stereocenters. The van der Waals surface area contributed by atoms with Crippen LogP contribution in [0.2, 0.25) is 0 Å². The number of hydrazine groups is 1. The lowest BCUT2D eigenvalue weighted by Gasteiger charge is -2.37. The minimum Gasteiger partial charge on any atom is -0.355 e. The quantitative estimate of drug-likeness (QED) is 0.580. The normalized spacial score (nSPS) is 26.9. The lowest BCUT2D eigenvalue weighted by Crippen LogP contribution is -2.39. The molecule has 0 aromatic heterocycles. The molecule has 32 heavy (non-hydrogen) atoms. The number of carbonyl (C=O) groups excluding carboxylic acids is 1. The number of halogens is 1. The molecule has 2 aromatic carbocycles. The molecule has 4 N–H and O–H groups in total. The number of nitrogens with zero attached hydrogens (tertiary/aromatic N) is 1. The summed E-state index contributed by atoms with van der Waals surface area (Å²) in [6.07, 6.45) is 1.39. The number of benzene rings is 2. The van der Waals surface area contributed by atoms with Gasteiger partial charge in [0.25, 0.3) is 5.91 Å². The molecule has 5 unspecified atom stereocenters. The van der Waals surface area contributed by atoms with Gasteiger partial charge in [0.2, 0.25) is 0 Å². The number of hydrogen-bond donors (Lipinski definition) is 4. The van der Waals surface area contributed by atoms with Crippen LogP contribution in [-0.2, 0) is 6.54 Å². The van der Waals surface area contributed by atoms with E-state index >= 15 is 4.39 Å². The van der Waals surface area contributed by atoms with Crippen LogP contribution in [0.5, 0.6) is 0 Å². The third-order valence-electron chi connectivity index (χ3n) is 6.96. The first-order chi connectivity index (χ1) is 15.5. The molecule has 2 aliphatic rings. The van der Waals surface area contributed by atoms with Crippen molar-refractivity contribution in [1.29, 1.82) is 5.26 Å². The van der Waals surface area contributed by atoms with Crippen molar-refractivity contribution in [3.8, 4) is 6.07 Å². The van der Waals surface area contributed by atoms with Crippen LogP contribution in [0, 0.1) is 35.9 Å². The van der Waals surface area contributed by atoms with Gasteiger partial charge in [-0.3, -0.25) is 10.2 Å². The number of nitrogens with one attached hydrogen (secondary N) is 4. The number of amides is 1. The molecule has 6 nitrogen and oxygen atoms in total. The first kappa shape index (κ1) is 22.4. The summed E-state index contributed by atoms with van der Waals surface area (Å²) in [4.78, 5) is 11.9. The Morgan fingerprint density at radius 3 is 2.56 bits per heavy atom. The van der Waals surface area contributed by atoms with E-state index in [-0.39, 0.29) is 41.6 Å². The highest BCUT2D eigenvalue weighted by molar-refractivity contribution is 5.93. The largest absolute Gasteiger partial charge is 0.355 e. The van der Waals surface area contributed by atoms with Gasteiger partial charge >= 0.3 is 0 Å². The van der Waals surface area contributed by atoms with Gasteiger partial charge < -0.3 is 10.6 Å². The van der Waals surface area contributed by atoms with Gasteiger partial charge in [-0.25, -0.2) is 9.82 Å². The molecule has 0 bridgehead atoms. The second kappa shape index (κ2) is 9.37. The molecule has 0 radical (unpaired) electrons. The molecule has 1 heterocycles. The van der Waals surface area contributed by atoms with Crippen molar-refractivity contribution in [2.24, 2.45) is 11.8 Å². The first-order valence-electron chi connectivity index (χ1n) is 11.1. The van der Waals surface area contributed by atoms with Gasteiger partial charge in [-0.05, 0) is 73.2 Å². The average Bonchev–Trinajstić information content (AvgIpc) is 3.20. The maximum absolute atomic E-state index is 15.2. The van der Waals surface area contributed by atoms with E-state index in [0.29, 0.717) is 30.5 Å². The maximum Gasteiger partial charge on any atom is 0.251 e. The predicted molar refractivity (Wildman–Crippen MR) is 121 cm³/mol. The van der Waals surface area contributed by atoms with Crippen molar-refractivity contribution in [2.75, 3.05) is 14.1 Å². The molecule has 4 rings (SSSR count). The molecule has 0 spiro atoms. The minimum atomic E-state index is -0.247. The van der Waals surface area contributed by atoms with E-state index < -0.39 is 0 Å². The van der Waals surface area contributed by atoms with Gasteiger partial charge in [-0.15, -0.1) is 0 Å². The summed E-state index contributed by atoms with van der Waals surface area (Å²) in [5.74, 6) is -0.521. The summed E-state index contributed by atoms with van der Waals surface area (Å²) < 4.78 is 15.2. The molecule has 1 amide bonds. The molecule has 2 fully saturated rings. The van der Waals surface area contributed by atoms with Crippen molar-refractivity contribution < 1.29 is 9.18 Å². The number of rotatable bonds is 5. The van der Waals surface area contributed by atoms with Crippen LogP contribution in [-0.4, -0.2) is 26.0 Å². The van der Waals surface area contributed by atoms with Crippen LogP contribution in [0.3, 0.4) is 0 Å². The van der Waals surface area contributed by atoms with E-state index in [1.807, 2.05) is 44.3 Å². The number of aryl methyl sites for hydroxylation is 1. The van der Waals surface area contributed by atoms with E-state index in [1.54, 1.807) is 13.1 Å². The van der Waals surface area contributed by atoms with Crippen LogP contribution in [0.25, 0.3) is 0 Å². The van der Waals surface area contributed by atoms with Gasteiger partial charge in [0, 0.05) is 31.1 Å². The van der Waals surface area contributed by atoms with Gasteiger partial charge in [0.05, 0.1) is 18.0 Å².